The summed E-state index contributed by atoms with van der Waals surface area (Å²) in [5.74, 6) is 0.366. The lowest BCUT2D eigenvalue weighted by Crippen LogP contribution is -2.22. The highest BCUT2D eigenvalue weighted by Crippen LogP contribution is 2.30. The Morgan fingerprint density at radius 2 is 2.11 bits per heavy atom. The average molecular weight is 385 g/mol. The molecule has 0 aliphatic rings. The molecule has 4 aromatic rings. The normalized spacial score (nSPS) is 12.4. The number of aryl methyl sites for hydroxylation is 2. The van der Waals surface area contributed by atoms with Crippen molar-refractivity contribution >= 4 is 22.4 Å². The van der Waals surface area contributed by atoms with Gasteiger partial charge in [-0.25, -0.2) is 14.5 Å². The van der Waals surface area contributed by atoms with E-state index in [4.69, 9.17) is 4.74 Å². The van der Waals surface area contributed by atoms with E-state index in [1.165, 1.54) is 6.20 Å². The van der Waals surface area contributed by atoms with Crippen molar-refractivity contribution in [3.8, 4) is 17.1 Å². The highest BCUT2D eigenvalue weighted by molar-refractivity contribution is 7.11. The van der Waals surface area contributed by atoms with Gasteiger partial charge >= 0.3 is 5.69 Å². The summed E-state index contributed by atoms with van der Waals surface area (Å²) in [6.07, 6.45) is 2.80. The maximum Gasteiger partial charge on any atom is 0.325 e. The first-order valence-electron chi connectivity index (χ1n) is 8.04. The second-order valence-corrected chi connectivity index (χ2v) is 7.22. The third kappa shape index (κ3) is 3.12. The summed E-state index contributed by atoms with van der Waals surface area (Å²) in [5, 5.41) is 14.0. The fourth-order valence-corrected chi connectivity index (χ4v) is 3.37. The van der Waals surface area contributed by atoms with Crippen LogP contribution in [-0.4, -0.2) is 34.9 Å². The molecule has 2 N–H and O–H groups in total. The summed E-state index contributed by atoms with van der Waals surface area (Å²) in [4.78, 5) is 33.3. The summed E-state index contributed by atoms with van der Waals surface area (Å²) < 4.78 is 7.55. The van der Waals surface area contributed by atoms with Crippen LogP contribution in [0.25, 0.3) is 22.3 Å². The van der Waals surface area contributed by atoms with E-state index < -0.39 is 11.2 Å². The summed E-state index contributed by atoms with van der Waals surface area (Å²) in [6, 6.07) is 1.66. The summed E-state index contributed by atoms with van der Waals surface area (Å²) in [7, 11) is 1.73. The largest absolute Gasteiger partial charge is 0.466 e. The zero-order valence-corrected chi connectivity index (χ0v) is 15.5. The molecule has 138 valence electrons. The summed E-state index contributed by atoms with van der Waals surface area (Å²) in [5.41, 5.74) is -0.128. The Balaban J connectivity index is 1.77. The third-order valence-electron chi connectivity index (χ3n) is 3.92. The standard InChI is InChI=1S/C16H15N7O3S/c1-7-5-17-15(27-7)8(2)26-14-9-4-11(20-21-12(9)23(3)22-14)10-6-18-16(25)19-13(10)24/h4-6,8H,1-3H3,(H2,18,19,24,25). The van der Waals surface area contributed by atoms with Gasteiger partial charge < -0.3 is 9.72 Å². The molecule has 0 aliphatic carbocycles. The minimum Gasteiger partial charge on any atom is -0.466 e. The molecule has 1 unspecified atom stereocenters. The average Bonchev–Trinajstić information content (AvgIpc) is 3.19. The number of aromatic nitrogens is 7. The fraction of sp³-hybridized carbons (Fsp3) is 0.250. The molecule has 0 amide bonds. The van der Waals surface area contributed by atoms with E-state index in [0.29, 0.717) is 22.6 Å². The first-order chi connectivity index (χ1) is 12.9. The second kappa shape index (κ2) is 6.43. The van der Waals surface area contributed by atoms with Gasteiger partial charge in [0.1, 0.15) is 16.8 Å². The van der Waals surface area contributed by atoms with Gasteiger partial charge in [-0.15, -0.1) is 26.6 Å². The third-order valence-corrected chi connectivity index (χ3v) is 5.00. The molecule has 10 nitrogen and oxygen atoms in total. The van der Waals surface area contributed by atoms with Crippen LogP contribution in [-0.2, 0) is 7.05 Å². The molecule has 0 aromatic carbocycles. The summed E-state index contributed by atoms with van der Waals surface area (Å²) in [6.45, 7) is 3.87. The van der Waals surface area contributed by atoms with Crippen LogP contribution in [0.2, 0.25) is 0 Å². The van der Waals surface area contributed by atoms with Crippen molar-refractivity contribution in [2.45, 2.75) is 20.0 Å². The van der Waals surface area contributed by atoms with Crippen molar-refractivity contribution in [2.75, 3.05) is 0 Å². The smallest absolute Gasteiger partial charge is 0.325 e. The first kappa shape index (κ1) is 17.1. The lowest BCUT2D eigenvalue weighted by Gasteiger charge is -2.09. The highest BCUT2D eigenvalue weighted by atomic mass is 32.1. The van der Waals surface area contributed by atoms with Crippen molar-refractivity contribution < 1.29 is 4.74 Å². The van der Waals surface area contributed by atoms with Crippen molar-refractivity contribution in [3.63, 3.8) is 0 Å². The van der Waals surface area contributed by atoms with E-state index in [0.717, 1.165) is 9.88 Å². The van der Waals surface area contributed by atoms with Crippen LogP contribution in [0, 0.1) is 6.92 Å². The van der Waals surface area contributed by atoms with Crippen LogP contribution in [0.5, 0.6) is 5.88 Å². The molecule has 1 atom stereocenters. The zero-order chi connectivity index (χ0) is 19.1. The SMILES string of the molecule is Cc1cnc(C(C)Oc2nn(C)c3nnc(-c4c[nH]c(=O)[nH]c4=O)cc23)s1. The van der Waals surface area contributed by atoms with Crippen LogP contribution < -0.4 is 16.0 Å². The highest BCUT2D eigenvalue weighted by Gasteiger charge is 2.19. The monoisotopic (exact) mass is 385 g/mol. The minimum atomic E-state index is -0.587. The zero-order valence-electron chi connectivity index (χ0n) is 14.7. The Kier molecular flexibility index (Phi) is 4.07. The molecule has 0 aliphatic heterocycles. The van der Waals surface area contributed by atoms with Gasteiger partial charge in [-0.2, -0.15) is 0 Å². The molecule has 0 saturated carbocycles. The van der Waals surface area contributed by atoms with Gasteiger partial charge in [-0.1, -0.05) is 0 Å². The Hall–Kier alpha value is -3.34. The maximum absolute atomic E-state index is 12.0. The molecular weight excluding hydrogens is 370 g/mol. The van der Waals surface area contributed by atoms with Crippen molar-refractivity contribution in [1.82, 2.24) is 34.9 Å². The topological polar surface area (TPSA) is 131 Å². The van der Waals surface area contributed by atoms with Crippen molar-refractivity contribution in [2.24, 2.45) is 7.05 Å². The number of H-pyrrole nitrogens is 2. The molecule has 4 heterocycles. The van der Waals surface area contributed by atoms with Crippen LogP contribution in [0.3, 0.4) is 0 Å². The van der Waals surface area contributed by atoms with Gasteiger partial charge in [0.2, 0.25) is 5.88 Å². The van der Waals surface area contributed by atoms with Gasteiger partial charge in [-0.3, -0.25) is 9.78 Å². The van der Waals surface area contributed by atoms with E-state index in [1.807, 2.05) is 13.8 Å². The van der Waals surface area contributed by atoms with Crippen LogP contribution in [0.15, 0.2) is 28.0 Å². The van der Waals surface area contributed by atoms with Gasteiger partial charge in [0, 0.05) is 24.3 Å². The van der Waals surface area contributed by atoms with Crippen molar-refractivity contribution in [3.05, 3.63) is 49.2 Å². The lowest BCUT2D eigenvalue weighted by atomic mass is 10.2. The lowest BCUT2D eigenvalue weighted by molar-refractivity contribution is 0.217. The van der Waals surface area contributed by atoms with E-state index >= 15 is 0 Å². The molecule has 11 heteroatoms. The molecular formula is C16H15N7O3S. The minimum absolute atomic E-state index is 0.197. The predicted octanol–water partition coefficient (Wildman–Crippen LogP) is 1.31. The number of hydrogen-bond donors (Lipinski definition) is 2. The quantitative estimate of drug-likeness (QED) is 0.541. The van der Waals surface area contributed by atoms with Gasteiger partial charge in [-0.05, 0) is 19.9 Å². The Labute approximate surface area is 155 Å². The molecule has 0 fully saturated rings. The Morgan fingerprint density at radius 1 is 1.30 bits per heavy atom. The van der Waals surface area contributed by atoms with E-state index in [1.54, 1.807) is 35.3 Å². The number of hydrogen-bond acceptors (Lipinski definition) is 8. The Bertz CT molecular complexity index is 1250. The molecule has 27 heavy (non-hydrogen) atoms. The Morgan fingerprint density at radius 3 is 2.81 bits per heavy atom. The second-order valence-electron chi connectivity index (χ2n) is 5.95. The number of fused-ring (bicyclic) bond motifs is 1. The molecule has 4 aromatic heterocycles. The number of nitrogens with zero attached hydrogens (tertiary/aromatic N) is 5. The molecule has 0 radical (unpaired) electrons. The van der Waals surface area contributed by atoms with Gasteiger partial charge in [0.05, 0.1) is 10.9 Å². The number of ether oxygens (including phenoxy) is 1. The number of rotatable bonds is 4. The molecule has 0 saturated heterocycles. The molecule has 0 spiro atoms. The molecule has 0 bridgehead atoms. The van der Waals surface area contributed by atoms with Crippen LogP contribution in [0.1, 0.15) is 22.9 Å². The molecule has 4 rings (SSSR count). The predicted molar refractivity (Wildman–Crippen MR) is 98.9 cm³/mol. The number of nitrogens with one attached hydrogen (secondary N) is 2. The van der Waals surface area contributed by atoms with Gasteiger partial charge in [0.15, 0.2) is 5.65 Å². The number of thiazole rings is 1. The first-order valence-corrected chi connectivity index (χ1v) is 8.86. The fourth-order valence-electron chi connectivity index (χ4n) is 2.62. The van der Waals surface area contributed by atoms with Crippen LogP contribution in [0.4, 0.5) is 0 Å². The van der Waals surface area contributed by atoms with E-state index in [2.05, 4.69) is 30.2 Å². The maximum atomic E-state index is 12.0. The summed E-state index contributed by atoms with van der Waals surface area (Å²) >= 11 is 1.55. The number of aromatic amines is 2. The van der Waals surface area contributed by atoms with Crippen molar-refractivity contribution in [1.29, 1.82) is 0 Å². The van der Waals surface area contributed by atoms with Gasteiger partial charge in [0.25, 0.3) is 5.56 Å². The van der Waals surface area contributed by atoms with Crippen LogP contribution >= 0.6 is 11.3 Å². The van der Waals surface area contributed by atoms with E-state index in [-0.39, 0.29) is 11.7 Å². The van der Waals surface area contributed by atoms with E-state index in [9.17, 15) is 9.59 Å².